The third-order valence-electron chi connectivity index (χ3n) is 2.68. The number of benzene rings is 1. The highest BCUT2D eigenvalue weighted by Crippen LogP contribution is 2.19. The molecule has 2 rings (SSSR count). The minimum Gasteiger partial charge on any atom is -0.480 e. The van der Waals surface area contributed by atoms with Crippen molar-refractivity contribution in [1.29, 1.82) is 0 Å². The molecule has 18 heavy (non-hydrogen) atoms. The monoisotopic (exact) mass is 246 g/mol. The van der Waals surface area contributed by atoms with Gasteiger partial charge in [0.1, 0.15) is 0 Å². The van der Waals surface area contributed by atoms with Gasteiger partial charge < -0.3 is 21.6 Å². The molecule has 0 spiro atoms. The lowest BCUT2D eigenvalue weighted by Gasteiger charge is -2.07. The number of carboxylic acid groups (broad SMARTS) is 1. The van der Waals surface area contributed by atoms with Crippen molar-refractivity contribution in [1.82, 2.24) is 4.98 Å². The number of nitrogens with one attached hydrogen (secondary N) is 1. The lowest BCUT2D eigenvalue weighted by molar-refractivity contribution is -0.138. The molecule has 6 nitrogen and oxygen atoms in total. The van der Waals surface area contributed by atoms with Crippen LogP contribution >= 0.6 is 0 Å². The Morgan fingerprint density at radius 1 is 1.39 bits per heavy atom. The molecule has 6 heteroatoms. The molecule has 0 radical (unpaired) electrons. The van der Waals surface area contributed by atoms with Gasteiger partial charge in [0.15, 0.2) is 12.0 Å². The lowest BCUT2D eigenvalue weighted by atomic mass is 10.1. The number of guanidine groups is 1. The molecule has 1 atom stereocenters. The van der Waals surface area contributed by atoms with Crippen molar-refractivity contribution in [2.45, 2.75) is 12.5 Å². The number of aromatic amines is 1. The van der Waals surface area contributed by atoms with Gasteiger partial charge in [-0.2, -0.15) is 0 Å². The molecule has 94 valence electrons. The Balaban J connectivity index is 2.32. The molecule has 2 aromatic rings. The van der Waals surface area contributed by atoms with Crippen LogP contribution in [0.1, 0.15) is 5.56 Å². The number of aromatic nitrogens is 1. The molecule has 1 aromatic heterocycles. The van der Waals surface area contributed by atoms with Gasteiger partial charge in [-0.15, -0.1) is 0 Å². The standard InChI is InChI=1S/C12H14N4O2/c13-12(14)16-10(11(17)18)5-7-6-15-9-4-2-1-3-8(7)9/h1-4,6,10,15H,5H2,(H,17,18)(H4,13,14,16). The van der Waals surface area contributed by atoms with Crippen molar-refractivity contribution < 1.29 is 9.90 Å². The predicted octanol–water partition coefficient (Wildman–Crippen LogP) is 0.437. The first kappa shape index (κ1) is 12.0. The maximum atomic E-state index is 11.1. The Kier molecular flexibility index (Phi) is 3.18. The van der Waals surface area contributed by atoms with E-state index in [-0.39, 0.29) is 12.4 Å². The van der Waals surface area contributed by atoms with Gasteiger partial charge in [-0.3, -0.25) is 0 Å². The minimum absolute atomic E-state index is 0.220. The van der Waals surface area contributed by atoms with Gasteiger partial charge in [0.05, 0.1) is 0 Å². The fourth-order valence-electron chi connectivity index (χ4n) is 1.88. The van der Waals surface area contributed by atoms with Crippen LogP contribution in [0.2, 0.25) is 0 Å². The summed E-state index contributed by atoms with van der Waals surface area (Å²) in [5.41, 5.74) is 12.3. The third kappa shape index (κ3) is 2.42. The molecule has 0 aliphatic heterocycles. The van der Waals surface area contributed by atoms with E-state index in [1.165, 1.54) is 0 Å². The molecule has 0 saturated carbocycles. The van der Waals surface area contributed by atoms with Crippen LogP contribution < -0.4 is 11.5 Å². The molecule has 1 aromatic carbocycles. The zero-order valence-electron chi connectivity index (χ0n) is 9.63. The number of hydrogen-bond acceptors (Lipinski definition) is 2. The summed E-state index contributed by atoms with van der Waals surface area (Å²) < 4.78 is 0. The number of carbonyl (C=O) groups is 1. The zero-order chi connectivity index (χ0) is 13.1. The molecule has 0 saturated heterocycles. The molecule has 1 unspecified atom stereocenters. The third-order valence-corrected chi connectivity index (χ3v) is 2.68. The van der Waals surface area contributed by atoms with Gasteiger partial charge in [0.25, 0.3) is 0 Å². The van der Waals surface area contributed by atoms with Crippen LogP contribution in [0.5, 0.6) is 0 Å². The maximum absolute atomic E-state index is 11.1. The Labute approximate surface area is 103 Å². The number of aliphatic imine (C=N–C) groups is 1. The number of carboxylic acids is 1. The fourth-order valence-corrected chi connectivity index (χ4v) is 1.88. The Hall–Kier alpha value is -2.50. The van der Waals surface area contributed by atoms with Crippen LogP contribution in [0.4, 0.5) is 0 Å². The van der Waals surface area contributed by atoms with Gasteiger partial charge in [0, 0.05) is 23.5 Å². The summed E-state index contributed by atoms with van der Waals surface area (Å²) in [6.45, 7) is 0. The summed E-state index contributed by atoms with van der Waals surface area (Å²) >= 11 is 0. The molecule has 0 amide bonds. The topological polar surface area (TPSA) is 117 Å². The summed E-state index contributed by atoms with van der Waals surface area (Å²) in [6, 6.07) is 6.70. The molecule has 6 N–H and O–H groups in total. The highest BCUT2D eigenvalue weighted by Gasteiger charge is 2.18. The lowest BCUT2D eigenvalue weighted by Crippen LogP contribution is -2.30. The van der Waals surface area contributed by atoms with Crippen LogP contribution in [-0.4, -0.2) is 28.1 Å². The highest BCUT2D eigenvalue weighted by atomic mass is 16.4. The summed E-state index contributed by atoms with van der Waals surface area (Å²) in [7, 11) is 0. The second kappa shape index (κ2) is 4.79. The first-order valence-corrected chi connectivity index (χ1v) is 5.44. The van der Waals surface area contributed by atoms with Gasteiger partial charge in [-0.05, 0) is 11.6 Å². The Morgan fingerprint density at radius 3 is 2.78 bits per heavy atom. The smallest absolute Gasteiger partial charge is 0.328 e. The van der Waals surface area contributed by atoms with E-state index in [2.05, 4.69) is 9.98 Å². The molecule has 0 fully saturated rings. The predicted molar refractivity (Wildman–Crippen MR) is 69.2 cm³/mol. The van der Waals surface area contributed by atoms with Crippen LogP contribution in [0, 0.1) is 0 Å². The van der Waals surface area contributed by atoms with E-state index in [9.17, 15) is 4.79 Å². The number of hydrogen-bond donors (Lipinski definition) is 4. The SMILES string of the molecule is NC(N)=NC(Cc1c[nH]c2ccccc12)C(=O)O. The van der Waals surface area contributed by atoms with E-state index in [4.69, 9.17) is 16.6 Å². The first-order valence-electron chi connectivity index (χ1n) is 5.44. The van der Waals surface area contributed by atoms with Gasteiger partial charge in [0.2, 0.25) is 0 Å². The molecule has 0 bridgehead atoms. The summed E-state index contributed by atoms with van der Waals surface area (Å²) in [5, 5.41) is 10.0. The van der Waals surface area contributed by atoms with Crippen LogP contribution in [-0.2, 0) is 11.2 Å². The molecule has 1 heterocycles. The van der Waals surface area contributed by atoms with E-state index in [0.717, 1.165) is 16.5 Å². The highest BCUT2D eigenvalue weighted by molar-refractivity contribution is 5.85. The van der Waals surface area contributed by atoms with Gasteiger partial charge in [-0.25, -0.2) is 9.79 Å². The quantitative estimate of drug-likeness (QED) is 0.462. The summed E-state index contributed by atoms with van der Waals surface area (Å²) in [6.07, 6.45) is 2.03. The van der Waals surface area contributed by atoms with Crippen molar-refractivity contribution in [3.8, 4) is 0 Å². The number of para-hydroxylation sites is 1. The van der Waals surface area contributed by atoms with Crippen LogP contribution in [0.3, 0.4) is 0 Å². The van der Waals surface area contributed by atoms with Gasteiger partial charge >= 0.3 is 5.97 Å². The first-order chi connectivity index (χ1) is 8.58. The fraction of sp³-hybridized carbons (Fsp3) is 0.167. The zero-order valence-corrected chi connectivity index (χ0v) is 9.63. The largest absolute Gasteiger partial charge is 0.480 e. The molecular formula is C12H14N4O2. The number of nitrogens with two attached hydrogens (primary N) is 2. The van der Waals surface area contributed by atoms with E-state index >= 15 is 0 Å². The summed E-state index contributed by atoms with van der Waals surface area (Å²) in [4.78, 5) is 17.9. The number of fused-ring (bicyclic) bond motifs is 1. The van der Waals surface area contributed by atoms with E-state index < -0.39 is 12.0 Å². The summed E-state index contributed by atoms with van der Waals surface area (Å²) in [5.74, 6) is -1.27. The van der Waals surface area contributed by atoms with Crippen molar-refractivity contribution in [3.05, 3.63) is 36.0 Å². The number of H-pyrrole nitrogens is 1. The average molecular weight is 246 g/mol. The average Bonchev–Trinajstić information content (AvgIpc) is 2.71. The van der Waals surface area contributed by atoms with Crippen LogP contribution in [0.25, 0.3) is 10.9 Å². The number of rotatable bonds is 4. The molecular weight excluding hydrogens is 232 g/mol. The molecule has 0 aliphatic carbocycles. The van der Waals surface area contributed by atoms with Crippen molar-refractivity contribution in [2.24, 2.45) is 16.5 Å². The number of nitrogens with zero attached hydrogens (tertiary/aromatic N) is 1. The number of aliphatic carboxylic acids is 1. The van der Waals surface area contributed by atoms with Gasteiger partial charge in [-0.1, -0.05) is 18.2 Å². The van der Waals surface area contributed by atoms with E-state index in [1.54, 1.807) is 6.20 Å². The maximum Gasteiger partial charge on any atom is 0.328 e. The second-order valence-corrected chi connectivity index (χ2v) is 3.97. The van der Waals surface area contributed by atoms with Crippen molar-refractivity contribution in [2.75, 3.05) is 0 Å². The Bertz CT molecular complexity index is 599. The second-order valence-electron chi connectivity index (χ2n) is 3.97. The van der Waals surface area contributed by atoms with E-state index in [0.29, 0.717) is 0 Å². The van der Waals surface area contributed by atoms with Crippen molar-refractivity contribution in [3.63, 3.8) is 0 Å². The van der Waals surface area contributed by atoms with Crippen molar-refractivity contribution >= 4 is 22.8 Å². The van der Waals surface area contributed by atoms with Crippen LogP contribution in [0.15, 0.2) is 35.5 Å². The minimum atomic E-state index is -1.05. The normalized spacial score (nSPS) is 12.2. The molecule has 0 aliphatic rings. The van der Waals surface area contributed by atoms with E-state index in [1.807, 2.05) is 24.3 Å². The Morgan fingerprint density at radius 2 is 2.11 bits per heavy atom.